The van der Waals surface area contributed by atoms with Gasteiger partial charge in [0.2, 0.25) is 0 Å². The summed E-state index contributed by atoms with van der Waals surface area (Å²) in [6, 6.07) is 6.83. The molecule has 0 radical (unpaired) electrons. The van der Waals surface area contributed by atoms with Gasteiger partial charge in [0.1, 0.15) is 11.4 Å². The van der Waals surface area contributed by atoms with E-state index in [9.17, 15) is 29.8 Å². The normalized spacial score (nSPS) is 10.1. The predicted octanol–water partition coefficient (Wildman–Crippen LogP) is 2.53. The summed E-state index contributed by atoms with van der Waals surface area (Å²) in [7, 11) is 0. The quantitative estimate of drug-likeness (QED) is 0.326. The molecule has 2 aromatic carbocycles. The van der Waals surface area contributed by atoms with Crippen LogP contribution in [-0.4, -0.2) is 28.3 Å². The number of esters is 1. The first kappa shape index (κ1) is 19.6. The molecule has 2 rings (SSSR count). The van der Waals surface area contributed by atoms with E-state index in [-0.39, 0.29) is 22.0 Å². The lowest BCUT2D eigenvalue weighted by molar-refractivity contribution is -0.384. The zero-order valence-electron chi connectivity index (χ0n) is 13.4. The zero-order chi connectivity index (χ0) is 20.1. The maximum Gasteiger partial charge on any atom is 0.338 e. The molecule has 27 heavy (non-hydrogen) atoms. The molecule has 0 bridgehead atoms. The van der Waals surface area contributed by atoms with Crippen molar-refractivity contribution >= 4 is 46.2 Å². The lowest BCUT2D eigenvalue weighted by atomic mass is 10.2. The molecule has 0 aliphatic carbocycles. The molecule has 140 valence electrons. The lowest BCUT2D eigenvalue weighted by Gasteiger charge is -2.08. The van der Waals surface area contributed by atoms with Gasteiger partial charge < -0.3 is 15.8 Å². The first-order chi connectivity index (χ1) is 12.7. The Kier molecular flexibility index (Phi) is 5.88. The molecule has 0 unspecified atom stereocenters. The molecule has 0 atom stereocenters. The first-order valence-corrected chi connectivity index (χ1v) is 7.51. The van der Waals surface area contributed by atoms with Crippen molar-refractivity contribution < 1.29 is 24.2 Å². The fourth-order valence-corrected chi connectivity index (χ4v) is 2.17. The van der Waals surface area contributed by atoms with Gasteiger partial charge >= 0.3 is 5.97 Å². The van der Waals surface area contributed by atoms with Crippen LogP contribution < -0.4 is 11.1 Å². The van der Waals surface area contributed by atoms with E-state index in [0.29, 0.717) is 0 Å². The van der Waals surface area contributed by atoms with Crippen LogP contribution >= 0.6 is 11.6 Å². The molecular formula is C15H11ClN4O7. The second-order valence-electron chi connectivity index (χ2n) is 5.07. The minimum absolute atomic E-state index is 0.137. The van der Waals surface area contributed by atoms with Crippen molar-refractivity contribution in [1.82, 2.24) is 0 Å². The molecule has 12 heteroatoms. The predicted molar refractivity (Wildman–Crippen MR) is 94.5 cm³/mol. The molecule has 1 amide bonds. The highest BCUT2D eigenvalue weighted by atomic mass is 35.5. The summed E-state index contributed by atoms with van der Waals surface area (Å²) in [5, 5.41) is 24.1. The third-order valence-corrected chi connectivity index (χ3v) is 3.46. The van der Waals surface area contributed by atoms with Gasteiger partial charge in [-0.1, -0.05) is 11.6 Å². The Hall–Kier alpha value is -3.73. The van der Waals surface area contributed by atoms with Gasteiger partial charge in [-0.3, -0.25) is 25.0 Å². The number of carbonyl (C=O) groups excluding carboxylic acids is 2. The van der Waals surface area contributed by atoms with Gasteiger partial charge in [-0.15, -0.1) is 0 Å². The number of benzene rings is 2. The van der Waals surface area contributed by atoms with E-state index in [1.54, 1.807) is 0 Å². The van der Waals surface area contributed by atoms with Crippen LogP contribution in [0, 0.1) is 20.2 Å². The summed E-state index contributed by atoms with van der Waals surface area (Å²) in [5.74, 6) is -1.87. The SMILES string of the molecule is Nc1ccc(C(=O)OCC(=O)Nc2cc(Cl)ccc2[N+](=O)[O-])cc1[N+](=O)[O-]. The lowest BCUT2D eigenvalue weighted by Crippen LogP contribution is -2.21. The Morgan fingerprint density at radius 3 is 2.37 bits per heavy atom. The number of nitro groups is 2. The van der Waals surface area contributed by atoms with Gasteiger partial charge in [0.05, 0.1) is 15.4 Å². The summed E-state index contributed by atoms with van der Waals surface area (Å²) in [5.41, 5.74) is 4.06. The van der Waals surface area contributed by atoms with Crippen molar-refractivity contribution in [3.8, 4) is 0 Å². The number of ether oxygens (including phenoxy) is 1. The summed E-state index contributed by atoms with van der Waals surface area (Å²) in [6.45, 7) is -0.777. The van der Waals surface area contributed by atoms with Crippen molar-refractivity contribution in [1.29, 1.82) is 0 Å². The van der Waals surface area contributed by atoms with E-state index >= 15 is 0 Å². The molecule has 0 spiro atoms. The van der Waals surface area contributed by atoms with Crippen LogP contribution in [0.1, 0.15) is 10.4 Å². The van der Waals surface area contributed by atoms with Gasteiger partial charge in [0.15, 0.2) is 6.61 Å². The molecule has 0 aromatic heterocycles. The molecule has 0 aliphatic rings. The molecule has 0 heterocycles. The Morgan fingerprint density at radius 2 is 1.74 bits per heavy atom. The Bertz CT molecular complexity index is 948. The molecule has 3 N–H and O–H groups in total. The number of carbonyl (C=O) groups is 2. The minimum atomic E-state index is -1.01. The maximum atomic E-state index is 11.9. The van der Waals surface area contributed by atoms with E-state index in [4.69, 9.17) is 22.1 Å². The maximum absolute atomic E-state index is 11.9. The topological polar surface area (TPSA) is 168 Å². The van der Waals surface area contributed by atoms with E-state index < -0.39 is 39.7 Å². The van der Waals surface area contributed by atoms with Crippen LogP contribution in [-0.2, 0) is 9.53 Å². The number of hydrogen-bond acceptors (Lipinski definition) is 8. The van der Waals surface area contributed by atoms with Gasteiger partial charge in [0.25, 0.3) is 17.3 Å². The number of nitro benzene ring substituents is 2. The number of rotatable bonds is 6. The second kappa shape index (κ2) is 8.10. The summed E-state index contributed by atoms with van der Waals surface area (Å²) in [4.78, 5) is 44.1. The molecular weight excluding hydrogens is 384 g/mol. The van der Waals surface area contributed by atoms with Crippen molar-refractivity contribution in [3.63, 3.8) is 0 Å². The van der Waals surface area contributed by atoms with Gasteiger partial charge in [-0.2, -0.15) is 0 Å². The van der Waals surface area contributed by atoms with Gasteiger partial charge in [0, 0.05) is 17.2 Å². The number of anilines is 2. The van der Waals surface area contributed by atoms with Crippen LogP contribution in [0.4, 0.5) is 22.7 Å². The third kappa shape index (κ3) is 4.89. The fraction of sp³-hybridized carbons (Fsp3) is 0.0667. The highest BCUT2D eigenvalue weighted by Crippen LogP contribution is 2.27. The molecule has 11 nitrogen and oxygen atoms in total. The average molecular weight is 395 g/mol. The molecule has 0 saturated heterocycles. The van der Waals surface area contributed by atoms with Crippen LogP contribution in [0.5, 0.6) is 0 Å². The number of nitrogens with zero attached hydrogens (tertiary/aromatic N) is 2. The summed E-state index contributed by atoms with van der Waals surface area (Å²) < 4.78 is 4.75. The van der Waals surface area contributed by atoms with Crippen LogP contribution in [0.25, 0.3) is 0 Å². The van der Waals surface area contributed by atoms with Crippen molar-refractivity contribution in [3.05, 3.63) is 67.2 Å². The molecule has 0 fully saturated rings. The number of nitrogens with one attached hydrogen (secondary N) is 1. The molecule has 2 aromatic rings. The number of halogens is 1. The van der Waals surface area contributed by atoms with Gasteiger partial charge in [-0.25, -0.2) is 4.79 Å². The van der Waals surface area contributed by atoms with E-state index in [1.807, 2.05) is 0 Å². The van der Waals surface area contributed by atoms with Gasteiger partial charge in [-0.05, 0) is 24.3 Å². The first-order valence-electron chi connectivity index (χ1n) is 7.14. The third-order valence-electron chi connectivity index (χ3n) is 3.23. The zero-order valence-corrected chi connectivity index (χ0v) is 14.1. The number of nitrogens with two attached hydrogens (primary N) is 1. The Morgan fingerprint density at radius 1 is 1.07 bits per heavy atom. The highest BCUT2D eigenvalue weighted by Gasteiger charge is 2.19. The fourth-order valence-electron chi connectivity index (χ4n) is 2.00. The average Bonchev–Trinajstić information content (AvgIpc) is 2.59. The largest absolute Gasteiger partial charge is 0.452 e. The molecule has 0 aliphatic heterocycles. The van der Waals surface area contributed by atoms with Crippen LogP contribution in [0.15, 0.2) is 36.4 Å². The molecule has 0 saturated carbocycles. The smallest absolute Gasteiger partial charge is 0.338 e. The number of nitrogen functional groups attached to an aromatic ring is 1. The van der Waals surface area contributed by atoms with Crippen molar-refractivity contribution in [2.24, 2.45) is 0 Å². The second-order valence-corrected chi connectivity index (χ2v) is 5.51. The van der Waals surface area contributed by atoms with E-state index in [0.717, 1.165) is 18.2 Å². The van der Waals surface area contributed by atoms with Crippen molar-refractivity contribution in [2.45, 2.75) is 0 Å². The Balaban J connectivity index is 2.05. The highest BCUT2D eigenvalue weighted by molar-refractivity contribution is 6.31. The number of hydrogen-bond donors (Lipinski definition) is 2. The monoisotopic (exact) mass is 394 g/mol. The standard InChI is InChI=1S/C15H11ClN4O7/c16-9-2-4-12(19(23)24)11(6-9)18-14(21)7-27-15(22)8-1-3-10(17)13(5-8)20(25)26/h1-6H,7,17H2,(H,18,21). The van der Waals surface area contributed by atoms with E-state index in [1.165, 1.54) is 18.2 Å². The number of amides is 1. The van der Waals surface area contributed by atoms with Crippen LogP contribution in [0.2, 0.25) is 5.02 Å². The van der Waals surface area contributed by atoms with Crippen molar-refractivity contribution in [2.75, 3.05) is 17.7 Å². The Labute approximate surface area is 156 Å². The summed E-state index contributed by atoms with van der Waals surface area (Å²) in [6.07, 6.45) is 0. The van der Waals surface area contributed by atoms with E-state index in [2.05, 4.69) is 5.32 Å². The minimum Gasteiger partial charge on any atom is -0.452 e. The summed E-state index contributed by atoms with van der Waals surface area (Å²) >= 11 is 5.74. The van der Waals surface area contributed by atoms with Crippen LogP contribution in [0.3, 0.4) is 0 Å².